The molecule has 1 N–H and O–H groups in total. The number of guanidine groups is 1. The summed E-state index contributed by atoms with van der Waals surface area (Å²) in [6, 6.07) is 10.4. The van der Waals surface area contributed by atoms with Gasteiger partial charge < -0.3 is 19.7 Å². The van der Waals surface area contributed by atoms with Gasteiger partial charge in [0, 0.05) is 59.4 Å². The van der Waals surface area contributed by atoms with Crippen molar-refractivity contribution in [1.82, 2.24) is 20.0 Å². The number of benzene rings is 1. The maximum absolute atomic E-state index is 5.97. The lowest BCUT2D eigenvalue weighted by molar-refractivity contribution is 0.00989. The summed E-state index contributed by atoms with van der Waals surface area (Å²) in [5.41, 5.74) is 2.53. The van der Waals surface area contributed by atoms with Crippen LogP contribution in [0.1, 0.15) is 30.4 Å². The van der Waals surface area contributed by atoms with Crippen LogP contribution in [0.5, 0.6) is 0 Å². The number of hydrogen-bond acceptors (Lipinski definition) is 4. The Bertz CT molecular complexity index is 746. The van der Waals surface area contributed by atoms with E-state index in [0.29, 0.717) is 6.10 Å². The predicted octanol–water partition coefficient (Wildman–Crippen LogP) is 3.14. The number of hydrogen-bond donors (Lipinski definition) is 1. The van der Waals surface area contributed by atoms with Gasteiger partial charge >= 0.3 is 0 Å². The number of nitrogens with zero attached hydrogens (tertiary/aromatic N) is 4. The lowest BCUT2D eigenvalue weighted by Crippen LogP contribution is -2.46. The van der Waals surface area contributed by atoms with Gasteiger partial charge in [0.2, 0.25) is 0 Å². The third kappa shape index (κ3) is 7.55. The smallest absolute Gasteiger partial charge is 0.193 e. The molecule has 3 rings (SSSR count). The van der Waals surface area contributed by atoms with E-state index in [2.05, 4.69) is 44.6 Å². The predicted molar refractivity (Wildman–Crippen MR) is 130 cm³/mol. The Kier molecular flexibility index (Phi) is 11.2. The van der Waals surface area contributed by atoms with Crippen LogP contribution in [0.4, 0.5) is 0 Å². The molecule has 1 aliphatic rings. The summed E-state index contributed by atoms with van der Waals surface area (Å²) in [7, 11) is 3.58. The van der Waals surface area contributed by atoms with Crippen LogP contribution in [0.2, 0.25) is 0 Å². The van der Waals surface area contributed by atoms with Crippen molar-refractivity contribution in [3.63, 3.8) is 0 Å². The van der Waals surface area contributed by atoms with Gasteiger partial charge in [-0.05, 0) is 36.5 Å². The van der Waals surface area contributed by atoms with Gasteiger partial charge in [0.05, 0.1) is 12.6 Å². The van der Waals surface area contributed by atoms with E-state index in [1.54, 1.807) is 7.11 Å². The van der Waals surface area contributed by atoms with Crippen molar-refractivity contribution in [1.29, 1.82) is 0 Å². The highest BCUT2D eigenvalue weighted by Gasteiger charge is 2.21. The molecule has 2 aromatic rings. The average molecular weight is 527 g/mol. The van der Waals surface area contributed by atoms with Crippen molar-refractivity contribution >= 4 is 29.9 Å². The second kappa shape index (κ2) is 13.6. The molecule has 0 spiro atoms. The van der Waals surface area contributed by atoms with E-state index in [9.17, 15) is 0 Å². The van der Waals surface area contributed by atoms with Gasteiger partial charge in [0.25, 0.3) is 0 Å². The molecule has 30 heavy (non-hydrogen) atoms. The van der Waals surface area contributed by atoms with Crippen molar-refractivity contribution in [2.24, 2.45) is 4.99 Å². The second-order valence-electron chi connectivity index (χ2n) is 7.28. The largest absolute Gasteiger partial charge is 0.385 e. The first-order valence-electron chi connectivity index (χ1n) is 10.4. The van der Waals surface area contributed by atoms with Crippen LogP contribution in [0.15, 0.2) is 47.7 Å². The highest BCUT2D eigenvalue weighted by Crippen LogP contribution is 2.15. The van der Waals surface area contributed by atoms with Crippen LogP contribution in [0, 0.1) is 0 Å². The quantitative estimate of drug-likeness (QED) is 0.235. The topological polar surface area (TPSA) is 63.9 Å². The monoisotopic (exact) mass is 527 g/mol. The number of aliphatic imine (C=N–C) groups is 1. The van der Waals surface area contributed by atoms with Crippen LogP contribution < -0.4 is 5.32 Å². The summed E-state index contributed by atoms with van der Waals surface area (Å²) in [6.07, 6.45) is 7.17. The lowest BCUT2D eigenvalue weighted by Gasteiger charge is -2.34. The number of piperidine rings is 1. The van der Waals surface area contributed by atoms with E-state index in [-0.39, 0.29) is 24.0 Å². The van der Waals surface area contributed by atoms with Gasteiger partial charge in [0.1, 0.15) is 0 Å². The summed E-state index contributed by atoms with van der Waals surface area (Å²) < 4.78 is 13.0. The third-order valence-corrected chi connectivity index (χ3v) is 5.25. The van der Waals surface area contributed by atoms with Crippen molar-refractivity contribution in [3.05, 3.63) is 53.9 Å². The molecule has 1 aromatic carbocycles. The van der Waals surface area contributed by atoms with Crippen LogP contribution >= 0.6 is 24.0 Å². The van der Waals surface area contributed by atoms with E-state index in [4.69, 9.17) is 9.47 Å². The van der Waals surface area contributed by atoms with Crippen LogP contribution in [0.3, 0.4) is 0 Å². The molecular weight excluding hydrogens is 493 g/mol. The first kappa shape index (κ1) is 24.6. The normalized spacial score (nSPS) is 15.1. The number of halogens is 1. The van der Waals surface area contributed by atoms with Crippen molar-refractivity contribution < 1.29 is 9.47 Å². The minimum Gasteiger partial charge on any atom is -0.385 e. The number of likely N-dealkylation sites (tertiary alicyclic amines) is 1. The zero-order valence-corrected chi connectivity index (χ0v) is 20.3. The fourth-order valence-corrected chi connectivity index (χ4v) is 3.65. The molecule has 166 valence electrons. The first-order chi connectivity index (χ1) is 14.3. The highest BCUT2D eigenvalue weighted by atomic mass is 127. The standard InChI is InChI=1S/C22H33N5O2.HI/c1-23-22(26-13-9-21(10-14-26)29-16-6-15-28-2)24-17-19-7-3-4-8-20(19)18-27-12-5-11-25-27;/h3-5,7-8,11-12,21H,6,9-10,13-18H2,1-2H3,(H,23,24);1H. The number of nitrogens with one attached hydrogen (secondary N) is 1. The van der Waals surface area contributed by atoms with Crippen LogP contribution in [-0.4, -0.2) is 67.2 Å². The number of aromatic nitrogens is 2. The second-order valence-corrected chi connectivity index (χ2v) is 7.28. The Morgan fingerprint density at radius 1 is 1.17 bits per heavy atom. The summed E-state index contributed by atoms with van der Waals surface area (Å²) in [6.45, 7) is 4.98. The summed E-state index contributed by atoms with van der Waals surface area (Å²) >= 11 is 0. The van der Waals surface area contributed by atoms with E-state index in [0.717, 1.165) is 64.6 Å². The average Bonchev–Trinajstić information content (AvgIpc) is 3.27. The summed E-state index contributed by atoms with van der Waals surface area (Å²) in [5, 5.41) is 7.86. The van der Waals surface area contributed by atoms with Gasteiger partial charge in [-0.1, -0.05) is 24.3 Å². The van der Waals surface area contributed by atoms with E-state index in [1.165, 1.54) is 11.1 Å². The van der Waals surface area contributed by atoms with Crippen molar-refractivity contribution in [2.45, 2.75) is 38.5 Å². The molecule has 0 saturated carbocycles. The minimum absolute atomic E-state index is 0. The molecule has 8 heteroatoms. The lowest BCUT2D eigenvalue weighted by atomic mass is 10.1. The van der Waals surface area contributed by atoms with Gasteiger partial charge in [-0.2, -0.15) is 5.10 Å². The molecule has 0 bridgehead atoms. The van der Waals surface area contributed by atoms with Gasteiger partial charge in [-0.25, -0.2) is 0 Å². The molecule has 1 aliphatic heterocycles. The first-order valence-corrected chi connectivity index (χ1v) is 10.4. The molecule has 0 unspecified atom stereocenters. The number of methoxy groups -OCH3 is 1. The molecule has 0 radical (unpaired) electrons. The van der Waals surface area contributed by atoms with E-state index in [1.807, 2.05) is 30.2 Å². The Balaban J connectivity index is 0.00000320. The molecule has 1 saturated heterocycles. The molecule has 2 heterocycles. The molecule has 7 nitrogen and oxygen atoms in total. The van der Waals surface area contributed by atoms with E-state index >= 15 is 0 Å². The van der Waals surface area contributed by atoms with Crippen molar-refractivity contribution in [3.8, 4) is 0 Å². The summed E-state index contributed by atoms with van der Waals surface area (Å²) in [4.78, 5) is 6.82. The molecule has 1 fully saturated rings. The Hall–Kier alpha value is -1.65. The maximum Gasteiger partial charge on any atom is 0.193 e. The minimum atomic E-state index is 0. The number of ether oxygens (including phenoxy) is 2. The SMILES string of the molecule is CN=C(NCc1ccccc1Cn1cccn1)N1CCC(OCCCOC)CC1.I. The zero-order valence-electron chi connectivity index (χ0n) is 18.0. The zero-order chi connectivity index (χ0) is 20.3. The molecule has 1 aromatic heterocycles. The number of rotatable bonds is 9. The Morgan fingerprint density at radius 3 is 2.60 bits per heavy atom. The molecule has 0 atom stereocenters. The molecule has 0 aliphatic carbocycles. The van der Waals surface area contributed by atoms with Crippen LogP contribution in [0.25, 0.3) is 0 Å². The molecule has 0 amide bonds. The van der Waals surface area contributed by atoms with Crippen molar-refractivity contribution in [2.75, 3.05) is 40.5 Å². The summed E-state index contributed by atoms with van der Waals surface area (Å²) in [5.74, 6) is 0.955. The maximum atomic E-state index is 5.97. The fourth-order valence-electron chi connectivity index (χ4n) is 3.65. The third-order valence-electron chi connectivity index (χ3n) is 5.25. The van der Waals surface area contributed by atoms with Gasteiger partial charge in [-0.15, -0.1) is 24.0 Å². The van der Waals surface area contributed by atoms with Gasteiger partial charge in [0.15, 0.2) is 5.96 Å². The molecular formula is C22H34IN5O2. The Morgan fingerprint density at radius 2 is 1.93 bits per heavy atom. The van der Waals surface area contributed by atoms with Crippen LogP contribution in [-0.2, 0) is 22.6 Å². The van der Waals surface area contributed by atoms with E-state index < -0.39 is 0 Å². The Labute approximate surface area is 196 Å². The highest BCUT2D eigenvalue weighted by molar-refractivity contribution is 14.0. The van der Waals surface area contributed by atoms with Gasteiger partial charge in [-0.3, -0.25) is 9.67 Å². The fraction of sp³-hybridized carbons (Fsp3) is 0.545.